The Hall–Kier alpha value is -0.120. The molecule has 1 saturated heterocycles. The number of hydrogen-bond acceptors (Lipinski definition) is 3. The van der Waals surface area contributed by atoms with Gasteiger partial charge in [0.1, 0.15) is 0 Å². The quantitative estimate of drug-likeness (QED) is 0.647. The number of aliphatic hydroxyl groups is 1. The second kappa shape index (κ2) is 7.77. The van der Waals surface area contributed by atoms with E-state index in [0.717, 1.165) is 18.5 Å². The molecule has 20 heavy (non-hydrogen) atoms. The first-order chi connectivity index (χ1) is 9.73. The lowest BCUT2D eigenvalue weighted by Crippen LogP contribution is -2.45. The number of nitrogens with zero attached hydrogens (tertiary/aromatic N) is 1. The van der Waals surface area contributed by atoms with Crippen molar-refractivity contribution in [1.82, 2.24) is 10.2 Å². The van der Waals surface area contributed by atoms with Crippen LogP contribution in [0.1, 0.15) is 65.2 Å². The van der Waals surface area contributed by atoms with Crippen LogP contribution in [0.4, 0.5) is 0 Å². The molecule has 0 aromatic heterocycles. The maximum absolute atomic E-state index is 9.06. The van der Waals surface area contributed by atoms with Crippen LogP contribution in [0.25, 0.3) is 0 Å². The van der Waals surface area contributed by atoms with E-state index in [0.29, 0.717) is 12.0 Å². The molecule has 0 aromatic rings. The largest absolute Gasteiger partial charge is 0.396 e. The fourth-order valence-corrected chi connectivity index (χ4v) is 3.62. The smallest absolute Gasteiger partial charge is 0.0431 e. The minimum absolute atomic E-state index is 0.347. The molecule has 3 nitrogen and oxygen atoms in total. The van der Waals surface area contributed by atoms with Gasteiger partial charge in [-0.2, -0.15) is 0 Å². The fraction of sp³-hybridized carbons (Fsp3) is 1.00. The Balaban J connectivity index is 1.87. The van der Waals surface area contributed by atoms with Crippen LogP contribution in [0.15, 0.2) is 0 Å². The molecule has 1 aliphatic heterocycles. The highest BCUT2D eigenvalue weighted by Crippen LogP contribution is 2.32. The van der Waals surface area contributed by atoms with Crippen LogP contribution >= 0.6 is 0 Å². The highest BCUT2D eigenvalue weighted by Gasteiger charge is 2.35. The van der Waals surface area contributed by atoms with Gasteiger partial charge in [-0.05, 0) is 63.3 Å². The van der Waals surface area contributed by atoms with Crippen molar-refractivity contribution in [3.8, 4) is 0 Å². The fourth-order valence-electron chi connectivity index (χ4n) is 3.62. The third kappa shape index (κ3) is 4.44. The molecule has 2 aliphatic rings. The Bertz CT molecular complexity index is 274. The van der Waals surface area contributed by atoms with Gasteiger partial charge < -0.3 is 10.4 Å². The van der Waals surface area contributed by atoms with Gasteiger partial charge in [0.05, 0.1) is 0 Å². The van der Waals surface area contributed by atoms with E-state index in [1.54, 1.807) is 0 Å². The SMILES string of the molecule is CCC(CC)(CNC1CC1)CN1CCCC1CCCO. The van der Waals surface area contributed by atoms with Crippen LogP contribution in [0.3, 0.4) is 0 Å². The van der Waals surface area contributed by atoms with Crippen molar-refractivity contribution in [3.63, 3.8) is 0 Å². The highest BCUT2D eigenvalue weighted by atomic mass is 16.2. The van der Waals surface area contributed by atoms with Crippen LogP contribution in [0.2, 0.25) is 0 Å². The minimum atomic E-state index is 0.347. The van der Waals surface area contributed by atoms with Crippen molar-refractivity contribution < 1.29 is 5.11 Å². The summed E-state index contributed by atoms with van der Waals surface area (Å²) in [6.45, 7) is 8.76. The third-order valence-electron chi connectivity index (χ3n) is 5.58. The molecule has 2 N–H and O–H groups in total. The minimum Gasteiger partial charge on any atom is -0.396 e. The summed E-state index contributed by atoms with van der Waals surface area (Å²) < 4.78 is 0. The van der Waals surface area contributed by atoms with Crippen LogP contribution in [0, 0.1) is 5.41 Å². The molecule has 1 unspecified atom stereocenters. The molecular weight excluding hydrogens is 248 g/mol. The standard InChI is InChI=1S/C17H34N2O/c1-3-17(4-2,13-18-15-9-10-15)14-19-11-5-7-16(19)8-6-12-20/h15-16,18,20H,3-14H2,1-2H3. The molecule has 0 spiro atoms. The maximum Gasteiger partial charge on any atom is 0.0431 e. The maximum atomic E-state index is 9.06. The molecule has 1 heterocycles. The molecule has 1 aliphatic carbocycles. The average molecular weight is 282 g/mol. The molecule has 118 valence electrons. The lowest BCUT2D eigenvalue weighted by molar-refractivity contribution is 0.117. The Kier molecular flexibility index (Phi) is 6.31. The summed E-state index contributed by atoms with van der Waals surface area (Å²) in [5.74, 6) is 0. The van der Waals surface area contributed by atoms with E-state index in [1.807, 2.05) is 0 Å². The van der Waals surface area contributed by atoms with E-state index < -0.39 is 0 Å². The number of nitrogens with one attached hydrogen (secondary N) is 1. The van der Waals surface area contributed by atoms with E-state index in [4.69, 9.17) is 5.11 Å². The predicted octanol–water partition coefficient (Wildman–Crippen LogP) is 2.78. The van der Waals surface area contributed by atoms with E-state index in [-0.39, 0.29) is 0 Å². The Morgan fingerprint density at radius 3 is 2.55 bits per heavy atom. The highest BCUT2D eigenvalue weighted by molar-refractivity contribution is 4.91. The second-order valence-electron chi connectivity index (χ2n) is 6.99. The van der Waals surface area contributed by atoms with E-state index in [9.17, 15) is 0 Å². The summed E-state index contributed by atoms with van der Waals surface area (Å²) in [5.41, 5.74) is 0.449. The lowest BCUT2D eigenvalue weighted by atomic mass is 9.81. The summed E-state index contributed by atoms with van der Waals surface area (Å²) in [7, 11) is 0. The summed E-state index contributed by atoms with van der Waals surface area (Å²) in [5, 5.41) is 12.8. The molecule has 2 fully saturated rings. The first kappa shape index (κ1) is 16.3. The van der Waals surface area contributed by atoms with Gasteiger partial charge in [0.25, 0.3) is 0 Å². The van der Waals surface area contributed by atoms with Crippen molar-refractivity contribution in [2.75, 3.05) is 26.2 Å². The van der Waals surface area contributed by atoms with Gasteiger partial charge in [-0.25, -0.2) is 0 Å². The van der Waals surface area contributed by atoms with Gasteiger partial charge in [0.2, 0.25) is 0 Å². The second-order valence-corrected chi connectivity index (χ2v) is 6.99. The van der Waals surface area contributed by atoms with Crippen molar-refractivity contribution in [3.05, 3.63) is 0 Å². The summed E-state index contributed by atoms with van der Waals surface area (Å²) in [6, 6.07) is 1.54. The van der Waals surface area contributed by atoms with Crippen LogP contribution in [-0.4, -0.2) is 48.3 Å². The molecule has 0 aromatic carbocycles. The van der Waals surface area contributed by atoms with Crippen molar-refractivity contribution in [2.45, 2.75) is 77.3 Å². The molecule has 1 atom stereocenters. The first-order valence-electron chi connectivity index (χ1n) is 8.81. The monoisotopic (exact) mass is 282 g/mol. The van der Waals surface area contributed by atoms with Gasteiger partial charge in [0, 0.05) is 31.8 Å². The zero-order valence-electron chi connectivity index (χ0n) is 13.5. The Morgan fingerprint density at radius 2 is 1.95 bits per heavy atom. The van der Waals surface area contributed by atoms with E-state index in [2.05, 4.69) is 24.1 Å². The zero-order chi connectivity index (χ0) is 14.4. The molecule has 1 saturated carbocycles. The lowest BCUT2D eigenvalue weighted by Gasteiger charge is -2.38. The first-order valence-corrected chi connectivity index (χ1v) is 8.81. The third-order valence-corrected chi connectivity index (χ3v) is 5.58. The summed E-state index contributed by atoms with van der Waals surface area (Å²) in [6.07, 6.45) is 10.1. The number of hydrogen-bond donors (Lipinski definition) is 2. The number of aliphatic hydroxyl groups excluding tert-OH is 1. The van der Waals surface area contributed by atoms with Gasteiger partial charge in [0.15, 0.2) is 0 Å². The van der Waals surface area contributed by atoms with Crippen molar-refractivity contribution in [1.29, 1.82) is 0 Å². The van der Waals surface area contributed by atoms with Crippen molar-refractivity contribution in [2.24, 2.45) is 5.41 Å². The van der Waals surface area contributed by atoms with Crippen molar-refractivity contribution >= 4 is 0 Å². The van der Waals surface area contributed by atoms with Gasteiger partial charge >= 0.3 is 0 Å². The van der Waals surface area contributed by atoms with E-state index in [1.165, 1.54) is 64.6 Å². The summed E-state index contributed by atoms with van der Waals surface area (Å²) in [4.78, 5) is 2.72. The molecular formula is C17H34N2O. The van der Waals surface area contributed by atoms with Gasteiger partial charge in [-0.3, -0.25) is 4.90 Å². The van der Waals surface area contributed by atoms with Crippen LogP contribution < -0.4 is 5.32 Å². The normalized spacial score (nSPS) is 24.4. The van der Waals surface area contributed by atoms with Gasteiger partial charge in [-0.1, -0.05) is 13.8 Å². The summed E-state index contributed by atoms with van der Waals surface area (Å²) >= 11 is 0. The van der Waals surface area contributed by atoms with Gasteiger partial charge in [-0.15, -0.1) is 0 Å². The Morgan fingerprint density at radius 1 is 1.20 bits per heavy atom. The Labute approximate surface area is 125 Å². The average Bonchev–Trinajstić information content (AvgIpc) is 3.21. The van der Waals surface area contributed by atoms with Crippen LogP contribution in [0.5, 0.6) is 0 Å². The molecule has 0 radical (unpaired) electrons. The predicted molar refractivity (Wildman–Crippen MR) is 85.0 cm³/mol. The number of rotatable bonds is 10. The van der Waals surface area contributed by atoms with Crippen LogP contribution in [-0.2, 0) is 0 Å². The molecule has 0 amide bonds. The molecule has 2 rings (SSSR count). The molecule has 0 bridgehead atoms. The van der Waals surface area contributed by atoms with E-state index >= 15 is 0 Å². The number of likely N-dealkylation sites (tertiary alicyclic amines) is 1. The zero-order valence-corrected chi connectivity index (χ0v) is 13.5. The topological polar surface area (TPSA) is 35.5 Å². The molecule has 3 heteroatoms.